The summed E-state index contributed by atoms with van der Waals surface area (Å²) < 4.78 is 24.6. The van der Waals surface area contributed by atoms with Crippen molar-refractivity contribution in [2.75, 3.05) is 0 Å². The first-order chi connectivity index (χ1) is 6.60. The lowest BCUT2D eigenvalue weighted by Gasteiger charge is -2.05. The summed E-state index contributed by atoms with van der Waals surface area (Å²) in [6.07, 6.45) is -2.96. The normalized spacial score (nSPS) is 10.2. The molecule has 1 heterocycles. The van der Waals surface area contributed by atoms with E-state index >= 15 is 0 Å². The van der Waals surface area contributed by atoms with Gasteiger partial charge in [0, 0.05) is 6.07 Å². The van der Waals surface area contributed by atoms with E-state index in [1.165, 1.54) is 0 Å². The first kappa shape index (κ1) is 10.3. The van der Waals surface area contributed by atoms with Crippen LogP contribution in [0.3, 0.4) is 0 Å². The van der Waals surface area contributed by atoms with Crippen LogP contribution in [-0.2, 0) is 6.61 Å². The molecule has 0 aromatic carbocycles. The Morgan fingerprint density at radius 1 is 1.64 bits per heavy atom. The fraction of sp³-hybridized carbons (Fsp3) is 0.250. The van der Waals surface area contributed by atoms with Crippen molar-refractivity contribution in [3.8, 4) is 6.07 Å². The largest absolute Gasteiger partial charge is 0.390 e. The van der Waals surface area contributed by atoms with Crippen LogP contribution in [0.2, 0.25) is 0 Å². The second-order valence-corrected chi connectivity index (χ2v) is 2.51. The van der Waals surface area contributed by atoms with E-state index in [2.05, 4.69) is 4.98 Å². The molecule has 6 heteroatoms. The van der Waals surface area contributed by atoms with Crippen LogP contribution in [0.4, 0.5) is 8.78 Å². The standard InChI is InChI=1S/C8H6F2N2O2/c9-8(10)7-5(3-13)12-4(2-11)1-6(7)14/h1,8,13H,3H2,(H,12,14). The van der Waals surface area contributed by atoms with Gasteiger partial charge in [0.15, 0.2) is 5.43 Å². The number of aliphatic hydroxyl groups is 1. The number of H-pyrrole nitrogens is 1. The number of aliphatic hydroxyl groups excluding tert-OH is 1. The summed E-state index contributed by atoms with van der Waals surface area (Å²) in [6.45, 7) is -0.732. The molecule has 0 radical (unpaired) electrons. The number of aromatic amines is 1. The van der Waals surface area contributed by atoms with E-state index in [0.29, 0.717) is 0 Å². The molecule has 1 aromatic rings. The van der Waals surface area contributed by atoms with Crippen molar-refractivity contribution in [2.45, 2.75) is 13.0 Å². The van der Waals surface area contributed by atoms with E-state index in [0.717, 1.165) is 6.07 Å². The van der Waals surface area contributed by atoms with Gasteiger partial charge in [0.05, 0.1) is 17.9 Å². The topological polar surface area (TPSA) is 76.9 Å². The molecule has 0 aliphatic carbocycles. The number of nitriles is 1. The number of alkyl halides is 2. The first-order valence-electron chi connectivity index (χ1n) is 3.65. The summed E-state index contributed by atoms with van der Waals surface area (Å²) >= 11 is 0. The average molecular weight is 200 g/mol. The second kappa shape index (κ2) is 3.98. The van der Waals surface area contributed by atoms with Gasteiger partial charge in [0.2, 0.25) is 0 Å². The van der Waals surface area contributed by atoms with E-state index in [4.69, 9.17) is 10.4 Å². The lowest BCUT2D eigenvalue weighted by molar-refractivity contribution is 0.145. The molecular weight excluding hydrogens is 194 g/mol. The number of hydrogen-bond donors (Lipinski definition) is 2. The van der Waals surface area contributed by atoms with Gasteiger partial charge in [-0.2, -0.15) is 5.26 Å². The van der Waals surface area contributed by atoms with Crippen molar-refractivity contribution in [1.29, 1.82) is 5.26 Å². The van der Waals surface area contributed by atoms with Crippen LogP contribution in [0.25, 0.3) is 0 Å². The number of aromatic nitrogens is 1. The number of rotatable bonds is 2. The molecule has 1 aromatic heterocycles. The van der Waals surface area contributed by atoms with Crippen LogP contribution in [0.1, 0.15) is 23.4 Å². The maximum atomic E-state index is 12.3. The molecule has 0 saturated carbocycles. The van der Waals surface area contributed by atoms with Crippen molar-refractivity contribution >= 4 is 0 Å². The fourth-order valence-corrected chi connectivity index (χ4v) is 1.05. The van der Waals surface area contributed by atoms with Crippen LogP contribution in [0, 0.1) is 11.3 Å². The molecule has 0 unspecified atom stereocenters. The highest BCUT2D eigenvalue weighted by Gasteiger charge is 2.17. The van der Waals surface area contributed by atoms with E-state index in [1.807, 2.05) is 0 Å². The van der Waals surface area contributed by atoms with Crippen LogP contribution < -0.4 is 5.43 Å². The maximum absolute atomic E-state index is 12.3. The summed E-state index contributed by atoms with van der Waals surface area (Å²) in [5.41, 5.74) is -2.20. The molecule has 0 aliphatic heterocycles. The van der Waals surface area contributed by atoms with Crippen LogP contribution in [0.5, 0.6) is 0 Å². The number of pyridine rings is 1. The molecule has 2 N–H and O–H groups in total. The van der Waals surface area contributed by atoms with Gasteiger partial charge in [0.1, 0.15) is 11.8 Å². The highest BCUT2D eigenvalue weighted by Crippen LogP contribution is 2.18. The zero-order valence-electron chi connectivity index (χ0n) is 6.92. The number of hydrogen-bond acceptors (Lipinski definition) is 3. The molecule has 4 nitrogen and oxygen atoms in total. The molecule has 0 bridgehead atoms. The quantitative estimate of drug-likeness (QED) is 0.736. The zero-order valence-corrected chi connectivity index (χ0v) is 6.92. The molecular formula is C8H6F2N2O2. The summed E-state index contributed by atoms with van der Waals surface area (Å²) in [5.74, 6) is 0. The minimum Gasteiger partial charge on any atom is -0.390 e. The van der Waals surface area contributed by atoms with Crippen molar-refractivity contribution in [3.05, 3.63) is 33.2 Å². The molecule has 0 spiro atoms. The Hall–Kier alpha value is -1.74. The Bertz CT molecular complexity index is 434. The molecule has 0 atom stereocenters. The third-order valence-electron chi connectivity index (χ3n) is 1.65. The van der Waals surface area contributed by atoms with Gasteiger partial charge in [-0.1, -0.05) is 0 Å². The molecule has 74 valence electrons. The zero-order chi connectivity index (χ0) is 10.7. The highest BCUT2D eigenvalue weighted by molar-refractivity contribution is 5.29. The van der Waals surface area contributed by atoms with Crippen molar-refractivity contribution in [1.82, 2.24) is 4.98 Å². The van der Waals surface area contributed by atoms with Gasteiger partial charge in [-0.25, -0.2) is 8.78 Å². The van der Waals surface area contributed by atoms with Gasteiger partial charge < -0.3 is 10.1 Å². The van der Waals surface area contributed by atoms with Gasteiger partial charge in [-0.3, -0.25) is 4.79 Å². The summed E-state index contributed by atoms with van der Waals surface area (Å²) in [7, 11) is 0. The molecule has 0 amide bonds. The summed E-state index contributed by atoms with van der Waals surface area (Å²) in [6, 6.07) is 2.38. The van der Waals surface area contributed by atoms with Crippen molar-refractivity contribution in [2.24, 2.45) is 0 Å². The molecule has 1 rings (SSSR count). The lowest BCUT2D eigenvalue weighted by atomic mass is 10.2. The summed E-state index contributed by atoms with van der Waals surface area (Å²) in [4.78, 5) is 13.3. The van der Waals surface area contributed by atoms with Gasteiger partial charge in [-0.05, 0) is 0 Å². The van der Waals surface area contributed by atoms with Crippen LogP contribution in [0.15, 0.2) is 10.9 Å². The predicted molar refractivity (Wildman–Crippen MR) is 42.7 cm³/mol. The average Bonchev–Trinajstić information content (AvgIpc) is 2.15. The number of nitrogens with one attached hydrogen (secondary N) is 1. The van der Waals surface area contributed by atoms with E-state index in [1.54, 1.807) is 6.07 Å². The van der Waals surface area contributed by atoms with Gasteiger partial charge in [-0.15, -0.1) is 0 Å². The lowest BCUT2D eigenvalue weighted by Crippen LogP contribution is -2.15. The first-order valence-corrected chi connectivity index (χ1v) is 3.65. The Balaban J connectivity index is 3.45. The Morgan fingerprint density at radius 2 is 2.29 bits per heavy atom. The number of nitrogens with zero attached hydrogens (tertiary/aromatic N) is 1. The van der Waals surface area contributed by atoms with Crippen LogP contribution in [-0.4, -0.2) is 10.1 Å². The Kier molecular flexibility index (Phi) is 2.94. The third-order valence-corrected chi connectivity index (χ3v) is 1.65. The second-order valence-electron chi connectivity index (χ2n) is 2.51. The predicted octanol–water partition coefficient (Wildman–Crippen LogP) is 0.676. The monoisotopic (exact) mass is 200 g/mol. The van der Waals surface area contributed by atoms with Crippen molar-refractivity contribution in [3.63, 3.8) is 0 Å². The minimum absolute atomic E-state index is 0.150. The van der Waals surface area contributed by atoms with E-state index in [9.17, 15) is 13.6 Å². The van der Waals surface area contributed by atoms with Gasteiger partial charge in [0.25, 0.3) is 6.43 Å². The summed E-state index contributed by atoms with van der Waals surface area (Å²) in [5, 5.41) is 17.1. The molecule has 0 fully saturated rings. The highest BCUT2D eigenvalue weighted by atomic mass is 19.3. The number of halogens is 2. The van der Waals surface area contributed by atoms with E-state index < -0.39 is 24.0 Å². The molecule has 14 heavy (non-hydrogen) atoms. The maximum Gasteiger partial charge on any atom is 0.269 e. The molecule has 0 saturated heterocycles. The fourth-order valence-electron chi connectivity index (χ4n) is 1.05. The third kappa shape index (κ3) is 1.78. The van der Waals surface area contributed by atoms with Gasteiger partial charge >= 0.3 is 0 Å². The van der Waals surface area contributed by atoms with Crippen molar-refractivity contribution < 1.29 is 13.9 Å². The molecule has 0 aliphatic rings. The van der Waals surface area contributed by atoms with E-state index in [-0.39, 0.29) is 11.4 Å². The van der Waals surface area contributed by atoms with Crippen LogP contribution >= 0.6 is 0 Å². The minimum atomic E-state index is -2.96. The Labute approximate surface area is 77.4 Å². The Morgan fingerprint density at radius 3 is 2.71 bits per heavy atom. The smallest absolute Gasteiger partial charge is 0.269 e. The SMILES string of the molecule is N#Cc1cc(=O)c(C(F)F)c(CO)[nH]1.